The van der Waals surface area contributed by atoms with Crippen molar-refractivity contribution >= 4 is 10.0 Å². The molecule has 1 saturated heterocycles. The third kappa shape index (κ3) is 2.08. The highest BCUT2D eigenvalue weighted by Gasteiger charge is 2.31. The second-order valence-electron chi connectivity index (χ2n) is 4.52. The molecule has 0 bridgehead atoms. The molecule has 1 aliphatic rings. The van der Waals surface area contributed by atoms with Gasteiger partial charge in [0.05, 0.1) is 6.20 Å². The van der Waals surface area contributed by atoms with E-state index in [-0.39, 0.29) is 4.90 Å². The Morgan fingerprint density at radius 2 is 2.00 bits per heavy atom. The maximum Gasteiger partial charge on any atom is 0.246 e. The quantitative estimate of drug-likeness (QED) is 0.860. The lowest BCUT2D eigenvalue weighted by atomic mass is 10.3. The van der Waals surface area contributed by atoms with Crippen LogP contribution in [0.3, 0.4) is 0 Å². The van der Waals surface area contributed by atoms with E-state index in [0.717, 1.165) is 12.8 Å². The zero-order chi connectivity index (χ0) is 13.5. The first-order valence-electron chi connectivity index (χ1n) is 6.10. The molecular formula is C12H14N2O4S. The smallest absolute Gasteiger partial charge is 0.246 e. The number of rotatable bonds is 3. The van der Waals surface area contributed by atoms with Gasteiger partial charge in [-0.25, -0.2) is 8.42 Å². The maximum absolute atomic E-state index is 12.5. The SMILES string of the molecule is Cc1oc(-c2ccno2)cc1S(=O)(=O)N1CCCC1. The summed E-state index contributed by atoms with van der Waals surface area (Å²) in [5.74, 6) is 1.18. The Kier molecular flexibility index (Phi) is 2.94. The average molecular weight is 282 g/mol. The summed E-state index contributed by atoms with van der Waals surface area (Å²) < 4.78 is 36.9. The minimum absolute atomic E-state index is 0.209. The minimum Gasteiger partial charge on any atom is -0.457 e. The first-order valence-corrected chi connectivity index (χ1v) is 7.55. The van der Waals surface area contributed by atoms with Crippen molar-refractivity contribution in [2.75, 3.05) is 13.1 Å². The molecule has 0 amide bonds. The van der Waals surface area contributed by atoms with E-state index in [4.69, 9.17) is 8.94 Å². The predicted octanol–water partition coefficient (Wildman–Crippen LogP) is 2.03. The van der Waals surface area contributed by atoms with E-state index in [1.807, 2.05) is 0 Å². The molecule has 3 rings (SSSR count). The van der Waals surface area contributed by atoms with E-state index in [2.05, 4.69) is 5.16 Å². The van der Waals surface area contributed by atoms with Gasteiger partial charge in [0.2, 0.25) is 15.8 Å². The van der Waals surface area contributed by atoms with Crippen molar-refractivity contribution in [2.24, 2.45) is 0 Å². The van der Waals surface area contributed by atoms with E-state index in [9.17, 15) is 8.42 Å². The fourth-order valence-corrected chi connectivity index (χ4v) is 3.93. The summed E-state index contributed by atoms with van der Waals surface area (Å²) >= 11 is 0. The van der Waals surface area contributed by atoms with Gasteiger partial charge in [-0.15, -0.1) is 0 Å². The van der Waals surface area contributed by atoms with Gasteiger partial charge in [0.1, 0.15) is 10.7 Å². The lowest BCUT2D eigenvalue weighted by Gasteiger charge is -2.14. The third-order valence-electron chi connectivity index (χ3n) is 3.24. The van der Waals surface area contributed by atoms with Gasteiger partial charge in [-0.1, -0.05) is 5.16 Å². The van der Waals surface area contributed by atoms with Gasteiger partial charge in [0.15, 0.2) is 5.76 Å². The number of aromatic nitrogens is 1. The first kappa shape index (κ1) is 12.4. The van der Waals surface area contributed by atoms with Gasteiger partial charge >= 0.3 is 0 Å². The molecule has 2 aromatic heterocycles. The molecule has 0 saturated carbocycles. The lowest BCUT2D eigenvalue weighted by molar-refractivity contribution is 0.414. The number of furan rings is 1. The second-order valence-corrected chi connectivity index (χ2v) is 6.43. The zero-order valence-electron chi connectivity index (χ0n) is 10.5. The Morgan fingerprint density at radius 3 is 2.63 bits per heavy atom. The first-order chi connectivity index (χ1) is 9.09. The van der Waals surface area contributed by atoms with Crippen LogP contribution in [0.1, 0.15) is 18.6 Å². The van der Waals surface area contributed by atoms with Gasteiger partial charge in [-0.2, -0.15) is 4.31 Å². The Balaban J connectivity index is 2.01. The van der Waals surface area contributed by atoms with Crippen LogP contribution in [0.5, 0.6) is 0 Å². The standard InChI is InChI=1S/C12H14N2O4S/c1-9-12(19(15,16)14-6-2-3-7-14)8-11(17-9)10-4-5-13-18-10/h4-5,8H,2-3,6-7H2,1H3. The Hall–Kier alpha value is -1.60. The molecule has 0 spiro atoms. The Labute approximate surface area is 111 Å². The van der Waals surface area contributed by atoms with E-state index < -0.39 is 10.0 Å². The highest BCUT2D eigenvalue weighted by Crippen LogP contribution is 2.30. The van der Waals surface area contributed by atoms with Crippen LogP contribution in [-0.2, 0) is 10.0 Å². The number of aryl methyl sites for hydroxylation is 1. The van der Waals surface area contributed by atoms with Crippen molar-refractivity contribution in [2.45, 2.75) is 24.7 Å². The van der Waals surface area contributed by atoms with Crippen molar-refractivity contribution in [3.8, 4) is 11.5 Å². The van der Waals surface area contributed by atoms with Crippen LogP contribution >= 0.6 is 0 Å². The molecule has 0 radical (unpaired) electrons. The van der Waals surface area contributed by atoms with Crippen LogP contribution in [0.4, 0.5) is 0 Å². The fraction of sp³-hybridized carbons (Fsp3) is 0.417. The maximum atomic E-state index is 12.5. The van der Waals surface area contributed by atoms with E-state index in [0.29, 0.717) is 30.4 Å². The predicted molar refractivity (Wildman–Crippen MR) is 66.9 cm³/mol. The average Bonchev–Trinajstić information content (AvgIpc) is 3.10. The number of sulfonamides is 1. The summed E-state index contributed by atoms with van der Waals surface area (Å²) in [7, 11) is -3.46. The third-order valence-corrected chi connectivity index (χ3v) is 5.24. The molecule has 2 aromatic rings. The lowest BCUT2D eigenvalue weighted by Crippen LogP contribution is -2.27. The van der Waals surface area contributed by atoms with Crippen LogP contribution in [0, 0.1) is 6.92 Å². The van der Waals surface area contributed by atoms with Gasteiger partial charge in [0.25, 0.3) is 0 Å². The summed E-state index contributed by atoms with van der Waals surface area (Å²) in [6, 6.07) is 3.13. The summed E-state index contributed by atoms with van der Waals surface area (Å²) in [5.41, 5.74) is 0. The molecule has 1 aliphatic heterocycles. The van der Waals surface area contributed by atoms with Gasteiger partial charge in [-0.05, 0) is 19.8 Å². The van der Waals surface area contributed by atoms with Gasteiger partial charge in [-0.3, -0.25) is 0 Å². The van der Waals surface area contributed by atoms with Crippen molar-refractivity contribution in [3.05, 3.63) is 24.1 Å². The number of hydrogen-bond acceptors (Lipinski definition) is 5. The van der Waals surface area contributed by atoms with Crippen LogP contribution in [0.25, 0.3) is 11.5 Å². The van der Waals surface area contributed by atoms with Crippen LogP contribution in [-0.4, -0.2) is 31.0 Å². The largest absolute Gasteiger partial charge is 0.457 e. The van der Waals surface area contributed by atoms with E-state index >= 15 is 0 Å². The second kappa shape index (κ2) is 4.50. The molecule has 3 heterocycles. The highest BCUT2D eigenvalue weighted by atomic mass is 32.2. The van der Waals surface area contributed by atoms with Crippen molar-refractivity contribution in [1.82, 2.24) is 9.46 Å². The Bertz CT molecular complexity index is 667. The van der Waals surface area contributed by atoms with Crippen LogP contribution in [0.15, 0.2) is 32.2 Å². The topological polar surface area (TPSA) is 76.5 Å². The zero-order valence-corrected chi connectivity index (χ0v) is 11.3. The van der Waals surface area contributed by atoms with E-state index in [1.165, 1.54) is 16.6 Å². The Morgan fingerprint density at radius 1 is 1.26 bits per heavy atom. The molecule has 19 heavy (non-hydrogen) atoms. The highest BCUT2D eigenvalue weighted by molar-refractivity contribution is 7.89. The number of nitrogens with zero attached hydrogens (tertiary/aromatic N) is 2. The molecule has 0 aliphatic carbocycles. The molecule has 7 heteroatoms. The van der Waals surface area contributed by atoms with Crippen LogP contribution < -0.4 is 0 Å². The summed E-state index contributed by atoms with van der Waals surface area (Å²) in [6.07, 6.45) is 3.30. The van der Waals surface area contributed by atoms with Gasteiger partial charge in [0, 0.05) is 25.2 Å². The van der Waals surface area contributed by atoms with E-state index in [1.54, 1.807) is 13.0 Å². The fourth-order valence-electron chi connectivity index (χ4n) is 2.25. The molecule has 0 atom stereocenters. The summed E-state index contributed by atoms with van der Waals surface area (Å²) in [4.78, 5) is 0.209. The molecule has 102 valence electrons. The molecule has 6 nitrogen and oxygen atoms in total. The summed E-state index contributed by atoms with van der Waals surface area (Å²) in [6.45, 7) is 2.79. The molecule has 1 fully saturated rings. The van der Waals surface area contributed by atoms with Crippen molar-refractivity contribution in [1.29, 1.82) is 0 Å². The van der Waals surface area contributed by atoms with Crippen molar-refractivity contribution in [3.63, 3.8) is 0 Å². The molecule has 0 unspecified atom stereocenters. The number of hydrogen-bond donors (Lipinski definition) is 0. The van der Waals surface area contributed by atoms with Crippen LogP contribution in [0.2, 0.25) is 0 Å². The minimum atomic E-state index is -3.46. The molecular weight excluding hydrogens is 268 g/mol. The summed E-state index contributed by atoms with van der Waals surface area (Å²) in [5, 5.41) is 3.58. The normalized spacial score (nSPS) is 17.1. The monoisotopic (exact) mass is 282 g/mol. The molecule has 0 aromatic carbocycles. The van der Waals surface area contributed by atoms with Gasteiger partial charge < -0.3 is 8.94 Å². The van der Waals surface area contributed by atoms with Crippen molar-refractivity contribution < 1.29 is 17.4 Å². The molecule has 0 N–H and O–H groups in total.